The average molecular weight is 217 g/mol. The third-order valence-electron chi connectivity index (χ3n) is 2.32. The molecule has 0 saturated carbocycles. The molecule has 0 aromatic rings. The van der Waals surface area contributed by atoms with Crippen molar-refractivity contribution in [2.75, 3.05) is 32.9 Å². The molecule has 0 aliphatic carbocycles. The number of hydrogen-bond acceptors (Lipinski definition) is 3. The summed E-state index contributed by atoms with van der Waals surface area (Å²) in [7, 11) is 0. The Morgan fingerprint density at radius 1 is 1.20 bits per heavy atom. The van der Waals surface area contributed by atoms with E-state index in [9.17, 15) is 0 Å². The van der Waals surface area contributed by atoms with Crippen LogP contribution >= 0.6 is 0 Å². The summed E-state index contributed by atoms with van der Waals surface area (Å²) < 4.78 is 5.44. The zero-order valence-corrected chi connectivity index (χ0v) is 10.5. The summed E-state index contributed by atoms with van der Waals surface area (Å²) >= 11 is 0. The van der Waals surface area contributed by atoms with Gasteiger partial charge in [0.15, 0.2) is 0 Å². The highest BCUT2D eigenvalue weighted by molar-refractivity contribution is 4.69. The zero-order chi connectivity index (χ0) is 11.6. The van der Waals surface area contributed by atoms with Crippen molar-refractivity contribution in [2.24, 2.45) is 5.41 Å². The fourth-order valence-corrected chi connectivity index (χ4v) is 1.13. The summed E-state index contributed by atoms with van der Waals surface area (Å²) in [6.45, 7) is 10.1. The molecule has 0 amide bonds. The Labute approximate surface area is 94.2 Å². The molecule has 0 saturated heterocycles. The molecule has 0 bridgehead atoms. The van der Waals surface area contributed by atoms with Crippen LogP contribution in [-0.4, -0.2) is 38.0 Å². The van der Waals surface area contributed by atoms with Gasteiger partial charge in [0.2, 0.25) is 0 Å². The van der Waals surface area contributed by atoms with Gasteiger partial charge in [-0.05, 0) is 19.4 Å². The van der Waals surface area contributed by atoms with Crippen LogP contribution in [0.2, 0.25) is 0 Å². The van der Waals surface area contributed by atoms with Gasteiger partial charge in [-0.3, -0.25) is 0 Å². The molecule has 0 aromatic carbocycles. The van der Waals surface area contributed by atoms with E-state index in [1.807, 2.05) is 0 Å². The van der Waals surface area contributed by atoms with E-state index in [-0.39, 0.29) is 12.0 Å². The van der Waals surface area contributed by atoms with E-state index in [1.165, 1.54) is 6.42 Å². The molecular weight excluding hydrogens is 190 g/mol. The van der Waals surface area contributed by atoms with E-state index in [0.717, 1.165) is 39.1 Å². The van der Waals surface area contributed by atoms with Gasteiger partial charge in [-0.1, -0.05) is 27.2 Å². The Hall–Kier alpha value is -0.120. The lowest BCUT2D eigenvalue weighted by molar-refractivity contribution is 0.125. The van der Waals surface area contributed by atoms with Crippen LogP contribution in [0.15, 0.2) is 0 Å². The van der Waals surface area contributed by atoms with Gasteiger partial charge in [0.1, 0.15) is 0 Å². The quantitative estimate of drug-likeness (QED) is 0.548. The van der Waals surface area contributed by atoms with E-state index in [2.05, 4.69) is 26.1 Å². The summed E-state index contributed by atoms with van der Waals surface area (Å²) in [5.41, 5.74) is -0.0108. The standard InChI is InChI=1S/C12H27NO2/c1-4-5-8-15-9-6-7-13-10-12(2,3)11-14/h13-14H,4-11H2,1-3H3. The van der Waals surface area contributed by atoms with Crippen LogP contribution in [0.25, 0.3) is 0 Å². The number of hydrogen-bond donors (Lipinski definition) is 2. The van der Waals surface area contributed by atoms with Crippen molar-refractivity contribution in [1.29, 1.82) is 0 Å². The minimum atomic E-state index is -0.0108. The monoisotopic (exact) mass is 217 g/mol. The molecule has 0 aromatic heterocycles. The minimum absolute atomic E-state index is 0.0108. The van der Waals surface area contributed by atoms with Crippen molar-refractivity contribution in [2.45, 2.75) is 40.0 Å². The van der Waals surface area contributed by atoms with E-state index in [4.69, 9.17) is 9.84 Å². The van der Waals surface area contributed by atoms with Crippen LogP contribution in [0.1, 0.15) is 40.0 Å². The molecule has 0 aliphatic rings. The predicted molar refractivity (Wildman–Crippen MR) is 64.1 cm³/mol. The second-order valence-electron chi connectivity index (χ2n) is 4.82. The maximum absolute atomic E-state index is 9.03. The van der Waals surface area contributed by atoms with Crippen LogP contribution in [0, 0.1) is 5.41 Å². The van der Waals surface area contributed by atoms with E-state index in [1.54, 1.807) is 0 Å². The molecule has 0 heterocycles. The first-order valence-corrected chi connectivity index (χ1v) is 6.01. The number of rotatable bonds is 10. The third-order valence-corrected chi connectivity index (χ3v) is 2.32. The molecule has 0 unspecified atom stereocenters. The van der Waals surface area contributed by atoms with Gasteiger partial charge in [-0.2, -0.15) is 0 Å². The Bertz CT molecular complexity index is 138. The molecule has 0 rings (SSSR count). The van der Waals surface area contributed by atoms with Crippen molar-refractivity contribution in [3.63, 3.8) is 0 Å². The molecule has 0 atom stereocenters. The third kappa shape index (κ3) is 10.2. The first-order valence-electron chi connectivity index (χ1n) is 6.01. The molecule has 2 N–H and O–H groups in total. The van der Waals surface area contributed by atoms with Crippen molar-refractivity contribution >= 4 is 0 Å². The fraction of sp³-hybridized carbons (Fsp3) is 1.00. The van der Waals surface area contributed by atoms with Crippen molar-refractivity contribution in [3.8, 4) is 0 Å². The Morgan fingerprint density at radius 2 is 1.87 bits per heavy atom. The minimum Gasteiger partial charge on any atom is -0.396 e. The summed E-state index contributed by atoms with van der Waals surface area (Å²) in [5.74, 6) is 0. The average Bonchev–Trinajstić information content (AvgIpc) is 2.22. The maximum Gasteiger partial charge on any atom is 0.0494 e. The second kappa shape index (κ2) is 9.13. The summed E-state index contributed by atoms with van der Waals surface area (Å²) in [6, 6.07) is 0. The number of nitrogens with one attached hydrogen (secondary N) is 1. The molecule has 15 heavy (non-hydrogen) atoms. The smallest absolute Gasteiger partial charge is 0.0494 e. The van der Waals surface area contributed by atoms with E-state index in [0.29, 0.717) is 0 Å². The number of aliphatic hydroxyl groups excluding tert-OH is 1. The van der Waals surface area contributed by atoms with Crippen molar-refractivity contribution in [1.82, 2.24) is 5.32 Å². The number of aliphatic hydroxyl groups is 1. The molecule has 3 heteroatoms. The maximum atomic E-state index is 9.03. The van der Waals surface area contributed by atoms with Gasteiger partial charge >= 0.3 is 0 Å². The first-order chi connectivity index (χ1) is 7.12. The van der Waals surface area contributed by atoms with Crippen molar-refractivity contribution in [3.05, 3.63) is 0 Å². The lowest BCUT2D eigenvalue weighted by Crippen LogP contribution is -2.33. The van der Waals surface area contributed by atoms with Crippen LogP contribution in [0.4, 0.5) is 0 Å². The molecule has 3 nitrogen and oxygen atoms in total. The highest BCUT2D eigenvalue weighted by Crippen LogP contribution is 2.10. The molecule has 0 aliphatic heterocycles. The van der Waals surface area contributed by atoms with Gasteiger partial charge in [0.25, 0.3) is 0 Å². The highest BCUT2D eigenvalue weighted by atomic mass is 16.5. The van der Waals surface area contributed by atoms with Crippen LogP contribution in [0.3, 0.4) is 0 Å². The molecule has 0 spiro atoms. The second-order valence-corrected chi connectivity index (χ2v) is 4.82. The summed E-state index contributed by atoms with van der Waals surface area (Å²) in [5, 5.41) is 12.4. The van der Waals surface area contributed by atoms with Gasteiger partial charge < -0.3 is 15.2 Å². The van der Waals surface area contributed by atoms with Gasteiger partial charge in [0, 0.05) is 31.8 Å². The topological polar surface area (TPSA) is 41.5 Å². The largest absolute Gasteiger partial charge is 0.396 e. The SMILES string of the molecule is CCCCOCCCNCC(C)(C)CO. The Balaban J connectivity index is 3.11. The van der Waals surface area contributed by atoms with Crippen LogP contribution in [0.5, 0.6) is 0 Å². The highest BCUT2D eigenvalue weighted by Gasteiger charge is 2.14. The predicted octanol–water partition coefficient (Wildman–Crippen LogP) is 1.80. The summed E-state index contributed by atoms with van der Waals surface area (Å²) in [4.78, 5) is 0. The van der Waals surface area contributed by atoms with Crippen LogP contribution in [-0.2, 0) is 4.74 Å². The van der Waals surface area contributed by atoms with Gasteiger partial charge in [-0.25, -0.2) is 0 Å². The molecule has 0 fully saturated rings. The van der Waals surface area contributed by atoms with Gasteiger partial charge in [0.05, 0.1) is 0 Å². The first kappa shape index (κ1) is 14.9. The number of ether oxygens (including phenoxy) is 1. The molecule has 0 radical (unpaired) electrons. The summed E-state index contributed by atoms with van der Waals surface area (Å²) in [6.07, 6.45) is 3.40. The Morgan fingerprint density at radius 3 is 2.47 bits per heavy atom. The number of unbranched alkanes of at least 4 members (excludes halogenated alkanes) is 1. The van der Waals surface area contributed by atoms with E-state index < -0.39 is 0 Å². The fourth-order valence-electron chi connectivity index (χ4n) is 1.13. The normalized spacial score (nSPS) is 12.0. The van der Waals surface area contributed by atoms with Crippen LogP contribution < -0.4 is 5.32 Å². The van der Waals surface area contributed by atoms with Crippen molar-refractivity contribution < 1.29 is 9.84 Å². The molecular formula is C12H27NO2. The van der Waals surface area contributed by atoms with Gasteiger partial charge in [-0.15, -0.1) is 0 Å². The van der Waals surface area contributed by atoms with E-state index >= 15 is 0 Å². The lowest BCUT2D eigenvalue weighted by Gasteiger charge is -2.21. The zero-order valence-electron chi connectivity index (χ0n) is 10.5. The molecule has 92 valence electrons. The Kier molecular flexibility index (Phi) is 9.06. The lowest BCUT2D eigenvalue weighted by atomic mass is 9.95.